The minimum atomic E-state index is 0.0240. The molecule has 2 aromatic carbocycles. The minimum absolute atomic E-state index is 0.0240. The van der Waals surface area contributed by atoms with Crippen LogP contribution in [0.1, 0.15) is 38.2 Å². The molecule has 0 bridgehead atoms. The van der Waals surface area contributed by atoms with Gasteiger partial charge >= 0.3 is 0 Å². The zero-order valence-electron chi connectivity index (χ0n) is 19.5. The molecule has 1 saturated heterocycles. The van der Waals surface area contributed by atoms with E-state index in [0.29, 0.717) is 25.9 Å². The number of piperidine rings is 1. The third kappa shape index (κ3) is 5.21. The van der Waals surface area contributed by atoms with Gasteiger partial charge in [0.2, 0.25) is 11.8 Å². The van der Waals surface area contributed by atoms with Crippen LogP contribution in [0, 0.1) is 5.92 Å². The number of para-hydroxylation sites is 1. The first-order valence-electron chi connectivity index (χ1n) is 11.9. The SMILES string of the molecule is CCCNC(=O)C1CCN(C(=O)CCc2c(-c3ccc(OC)cc3)[nH]c3ccccc23)CC1. The molecule has 1 aliphatic rings. The number of ether oxygens (including phenoxy) is 1. The second-order valence-corrected chi connectivity index (χ2v) is 8.70. The lowest BCUT2D eigenvalue weighted by Crippen LogP contribution is -2.43. The summed E-state index contributed by atoms with van der Waals surface area (Å²) in [7, 11) is 1.66. The molecule has 2 amide bonds. The zero-order valence-corrected chi connectivity index (χ0v) is 19.5. The van der Waals surface area contributed by atoms with E-state index in [1.54, 1.807) is 7.11 Å². The van der Waals surface area contributed by atoms with Gasteiger partial charge in [0.1, 0.15) is 5.75 Å². The molecule has 174 valence electrons. The topological polar surface area (TPSA) is 74.4 Å². The van der Waals surface area contributed by atoms with E-state index in [9.17, 15) is 9.59 Å². The number of methoxy groups -OCH3 is 1. The fraction of sp³-hybridized carbons (Fsp3) is 0.407. The highest BCUT2D eigenvalue weighted by atomic mass is 16.5. The number of amides is 2. The number of aryl methyl sites for hydroxylation is 1. The summed E-state index contributed by atoms with van der Waals surface area (Å²) in [6.45, 7) is 4.08. The highest BCUT2D eigenvalue weighted by Crippen LogP contribution is 2.32. The van der Waals surface area contributed by atoms with Crippen molar-refractivity contribution in [3.63, 3.8) is 0 Å². The summed E-state index contributed by atoms with van der Waals surface area (Å²) < 4.78 is 5.30. The number of nitrogens with zero attached hydrogens (tertiary/aromatic N) is 1. The first kappa shape index (κ1) is 22.9. The number of nitrogens with one attached hydrogen (secondary N) is 2. The Kier molecular flexibility index (Phi) is 7.33. The van der Waals surface area contributed by atoms with Crippen LogP contribution in [0.15, 0.2) is 48.5 Å². The molecule has 6 nitrogen and oxygen atoms in total. The fourth-order valence-electron chi connectivity index (χ4n) is 4.64. The van der Waals surface area contributed by atoms with Gasteiger partial charge in [0.25, 0.3) is 0 Å². The summed E-state index contributed by atoms with van der Waals surface area (Å²) in [5.41, 5.74) is 4.37. The molecule has 33 heavy (non-hydrogen) atoms. The van der Waals surface area contributed by atoms with Crippen LogP contribution in [0.3, 0.4) is 0 Å². The molecule has 0 saturated carbocycles. The summed E-state index contributed by atoms with van der Waals surface area (Å²) in [6.07, 6.45) is 3.55. The minimum Gasteiger partial charge on any atom is -0.497 e. The maximum Gasteiger partial charge on any atom is 0.223 e. The largest absolute Gasteiger partial charge is 0.497 e. The van der Waals surface area contributed by atoms with Crippen LogP contribution in [0.5, 0.6) is 5.75 Å². The maximum absolute atomic E-state index is 13.0. The van der Waals surface area contributed by atoms with Gasteiger partial charge in [0, 0.05) is 48.6 Å². The van der Waals surface area contributed by atoms with Crippen molar-refractivity contribution in [2.45, 2.75) is 39.0 Å². The van der Waals surface area contributed by atoms with Gasteiger partial charge in [0.15, 0.2) is 0 Å². The summed E-state index contributed by atoms with van der Waals surface area (Å²) in [4.78, 5) is 30.7. The third-order valence-electron chi connectivity index (χ3n) is 6.55. The van der Waals surface area contributed by atoms with Crippen LogP contribution in [-0.2, 0) is 16.0 Å². The molecule has 2 heterocycles. The highest BCUT2D eigenvalue weighted by Gasteiger charge is 2.27. The van der Waals surface area contributed by atoms with Gasteiger partial charge in [0.05, 0.1) is 7.11 Å². The maximum atomic E-state index is 13.0. The third-order valence-corrected chi connectivity index (χ3v) is 6.55. The predicted octanol–water partition coefficient (Wildman–Crippen LogP) is 4.54. The smallest absolute Gasteiger partial charge is 0.223 e. The second-order valence-electron chi connectivity index (χ2n) is 8.70. The fourth-order valence-corrected chi connectivity index (χ4v) is 4.64. The molecule has 2 N–H and O–H groups in total. The highest BCUT2D eigenvalue weighted by molar-refractivity contribution is 5.91. The average molecular weight is 448 g/mol. The zero-order chi connectivity index (χ0) is 23.2. The summed E-state index contributed by atoms with van der Waals surface area (Å²) in [5.74, 6) is 1.13. The van der Waals surface area contributed by atoms with Crippen LogP contribution in [0.2, 0.25) is 0 Å². The quantitative estimate of drug-likeness (QED) is 0.532. The number of carbonyl (C=O) groups is 2. The van der Waals surface area contributed by atoms with Crippen LogP contribution in [0.25, 0.3) is 22.2 Å². The van der Waals surface area contributed by atoms with E-state index >= 15 is 0 Å². The number of likely N-dealkylation sites (tertiary alicyclic amines) is 1. The van der Waals surface area contributed by atoms with Gasteiger partial charge in [-0.15, -0.1) is 0 Å². The standard InChI is InChI=1S/C27H33N3O3/c1-3-16-28-27(32)20-14-17-30(18-15-20)25(31)13-12-23-22-6-4-5-7-24(22)29-26(23)19-8-10-21(33-2)11-9-19/h4-11,20,29H,3,12-18H2,1-2H3,(H,28,32). The van der Waals surface area contributed by atoms with E-state index in [0.717, 1.165) is 59.3 Å². The van der Waals surface area contributed by atoms with Crippen LogP contribution in [0.4, 0.5) is 0 Å². The molecule has 0 aliphatic carbocycles. The monoisotopic (exact) mass is 447 g/mol. The van der Waals surface area contributed by atoms with Crippen LogP contribution in [-0.4, -0.2) is 48.4 Å². The van der Waals surface area contributed by atoms with E-state index in [-0.39, 0.29) is 17.7 Å². The summed E-state index contributed by atoms with van der Waals surface area (Å²) in [6, 6.07) is 16.2. The Hall–Kier alpha value is -3.28. The van der Waals surface area contributed by atoms with Crippen LogP contribution < -0.4 is 10.1 Å². The average Bonchev–Trinajstić information content (AvgIpc) is 3.24. The number of hydrogen-bond acceptors (Lipinski definition) is 3. The molecule has 0 spiro atoms. The molecular formula is C27H33N3O3. The lowest BCUT2D eigenvalue weighted by Gasteiger charge is -2.31. The van der Waals surface area contributed by atoms with Gasteiger partial charge in [-0.1, -0.05) is 25.1 Å². The Labute approximate surface area is 195 Å². The van der Waals surface area contributed by atoms with Crippen molar-refractivity contribution < 1.29 is 14.3 Å². The summed E-state index contributed by atoms with van der Waals surface area (Å²) >= 11 is 0. The number of aromatic amines is 1. The number of rotatable bonds is 8. The number of H-pyrrole nitrogens is 1. The van der Waals surface area contributed by atoms with Crippen molar-refractivity contribution in [1.29, 1.82) is 0 Å². The Bertz CT molecular complexity index is 1100. The Balaban J connectivity index is 1.44. The van der Waals surface area contributed by atoms with E-state index in [1.807, 2.05) is 41.3 Å². The molecule has 4 rings (SSSR count). The second kappa shape index (κ2) is 10.6. The molecule has 0 atom stereocenters. The van der Waals surface area contributed by atoms with Crippen LogP contribution >= 0.6 is 0 Å². The molecule has 6 heteroatoms. The number of aromatic nitrogens is 1. The van der Waals surface area contributed by atoms with Crippen molar-refractivity contribution in [1.82, 2.24) is 15.2 Å². The molecule has 3 aromatic rings. The van der Waals surface area contributed by atoms with Gasteiger partial charge in [-0.25, -0.2) is 0 Å². The summed E-state index contributed by atoms with van der Waals surface area (Å²) in [5, 5.41) is 4.14. The molecule has 0 unspecified atom stereocenters. The van der Waals surface area contributed by atoms with Gasteiger partial charge in [-0.05, 0) is 67.1 Å². The van der Waals surface area contributed by atoms with Gasteiger partial charge in [-0.3, -0.25) is 9.59 Å². The Morgan fingerprint density at radius 2 is 1.82 bits per heavy atom. The number of carbonyl (C=O) groups excluding carboxylic acids is 2. The van der Waals surface area contributed by atoms with E-state index in [1.165, 1.54) is 0 Å². The first-order chi connectivity index (χ1) is 16.1. The number of hydrogen-bond donors (Lipinski definition) is 2. The van der Waals surface area contributed by atoms with Crippen molar-refractivity contribution >= 4 is 22.7 Å². The molecular weight excluding hydrogens is 414 g/mol. The Morgan fingerprint density at radius 3 is 2.52 bits per heavy atom. The first-order valence-corrected chi connectivity index (χ1v) is 11.9. The Morgan fingerprint density at radius 1 is 1.09 bits per heavy atom. The van der Waals surface area contributed by atoms with Crippen molar-refractivity contribution in [2.24, 2.45) is 5.92 Å². The van der Waals surface area contributed by atoms with Crippen molar-refractivity contribution in [2.75, 3.05) is 26.7 Å². The lowest BCUT2D eigenvalue weighted by atomic mass is 9.95. The van der Waals surface area contributed by atoms with E-state index in [2.05, 4.69) is 29.4 Å². The number of benzene rings is 2. The molecule has 1 aromatic heterocycles. The lowest BCUT2D eigenvalue weighted by molar-refractivity contribution is -0.135. The van der Waals surface area contributed by atoms with E-state index < -0.39 is 0 Å². The predicted molar refractivity (Wildman–Crippen MR) is 131 cm³/mol. The van der Waals surface area contributed by atoms with Gasteiger partial charge < -0.3 is 19.9 Å². The van der Waals surface area contributed by atoms with Crippen molar-refractivity contribution in [3.8, 4) is 17.0 Å². The van der Waals surface area contributed by atoms with Crippen molar-refractivity contribution in [3.05, 3.63) is 54.1 Å². The molecule has 1 fully saturated rings. The number of fused-ring (bicyclic) bond motifs is 1. The van der Waals surface area contributed by atoms with Gasteiger partial charge in [-0.2, -0.15) is 0 Å². The normalized spacial score (nSPS) is 14.4. The van der Waals surface area contributed by atoms with E-state index in [4.69, 9.17) is 4.74 Å². The molecule has 1 aliphatic heterocycles. The molecule has 0 radical (unpaired) electrons.